The van der Waals surface area contributed by atoms with E-state index in [1.165, 1.54) is 11.1 Å². The van der Waals surface area contributed by atoms with Crippen LogP contribution in [-0.4, -0.2) is 46.3 Å². The lowest BCUT2D eigenvalue weighted by Crippen LogP contribution is -2.27. The molecule has 1 aromatic rings. The number of aliphatic carboxylic acids is 1. The van der Waals surface area contributed by atoms with Crippen molar-refractivity contribution in [1.29, 1.82) is 0 Å². The normalized spacial score (nSPS) is 18.7. The number of ether oxygens (including phenoxy) is 1. The molecule has 1 saturated heterocycles. The number of nitrogens with one attached hydrogen (secondary N) is 1. The third kappa shape index (κ3) is 2.42. The van der Waals surface area contributed by atoms with Crippen LogP contribution in [0.5, 0.6) is 0 Å². The van der Waals surface area contributed by atoms with Gasteiger partial charge in [0.1, 0.15) is 0 Å². The van der Waals surface area contributed by atoms with Crippen molar-refractivity contribution < 1.29 is 24.2 Å². The molecule has 8 heteroatoms. The zero-order valence-electron chi connectivity index (χ0n) is 10.3. The molecule has 2 N–H and O–H groups in total. The Bertz CT molecular complexity index is 524. The van der Waals surface area contributed by atoms with Gasteiger partial charge in [0, 0.05) is 13.0 Å². The van der Waals surface area contributed by atoms with Gasteiger partial charge in [0.05, 0.1) is 24.4 Å². The number of hydrogen-bond acceptors (Lipinski definition) is 5. The Morgan fingerprint density at radius 1 is 1.63 bits per heavy atom. The number of anilines is 1. The molecule has 2 heterocycles. The summed E-state index contributed by atoms with van der Waals surface area (Å²) < 4.78 is 4.83. The van der Waals surface area contributed by atoms with E-state index in [1.54, 1.807) is 6.92 Å². The topological polar surface area (TPSA) is 113 Å². The standard InChI is InChI=1S/C11H13N3O5/c1-2-19-11(18)9-7(4-12-13-9)14-5-6(10(16)17)3-8(14)15/h4,6H,2-3,5H2,1H3,(H,12,13)(H,16,17). The van der Waals surface area contributed by atoms with Crippen molar-refractivity contribution in [2.24, 2.45) is 5.92 Å². The summed E-state index contributed by atoms with van der Waals surface area (Å²) in [6.07, 6.45) is 1.23. The van der Waals surface area contributed by atoms with E-state index < -0.39 is 17.9 Å². The van der Waals surface area contributed by atoms with Gasteiger partial charge in [-0.1, -0.05) is 0 Å². The summed E-state index contributed by atoms with van der Waals surface area (Å²) >= 11 is 0. The fourth-order valence-electron chi connectivity index (χ4n) is 1.94. The highest BCUT2D eigenvalue weighted by atomic mass is 16.5. The zero-order valence-corrected chi connectivity index (χ0v) is 10.3. The number of carbonyl (C=O) groups excluding carboxylic acids is 2. The molecule has 0 bridgehead atoms. The van der Waals surface area contributed by atoms with Crippen molar-refractivity contribution in [2.75, 3.05) is 18.1 Å². The van der Waals surface area contributed by atoms with Gasteiger partial charge < -0.3 is 14.7 Å². The first kappa shape index (κ1) is 13.1. The van der Waals surface area contributed by atoms with Gasteiger partial charge in [0.25, 0.3) is 0 Å². The summed E-state index contributed by atoms with van der Waals surface area (Å²) in [5, 5.41) is 15.1. The van der Waals surface area contributed by atoms with E-state index in [4.69, 9.17) is 9.84 Å². The third-order valence-electron chi connectivity index (χ3n) is 2.86. The van der Waals surface area contributed by atoms with Crippen molar-refractivity contribution in [3.05, 3.63) is 11.9 Å². The number of rotatable bonds is 4. The van der Waals surface area contributed by atoms with Crippen molar-refractivity contribution in [1.82, 2.24) is 10.2 Å². The number of esters is 1. The summed E-state index contributed by atoms with van der Waals surface area (Å²) in [6, 6.07) is 0. The SMILES string of the molecule is CCOC(=O)c1[nH]ncc1N1CC(C(=O)O)CC1=O. The van der Waals surface area contributed by atoms with Crippen molar-refractivity contribution in [3.63, 3.8) is 0 Å². The number of amides is 1. The molecule has 1 amide bonds. The maximum atomic E-state index is 11.8. The van der Waals surface area contributed by atoms with E-state index in [2.05, 4.69) is 10.2 Å². The van der Waals surface area contributed by atoms with Gasteiger partial charge in [-0.25, -0.2) is 4.79 Å². The van der Waals surface area contributed by atoms with E-state index in [-0.39, 0.29) is 36.9 Å². The Balaban J connectivity index is 2.24. The summed E-state index contributed by atoms with van der Waals surface area (Å²) in [6.45, 7) is 1.89. The van der Waals surface area contributed by atoms with Crippen molar-refractivity contribution >= 4 is 23.5 Å². The van der Waals surface area contributed by atoms with E-state index in [9.17, 15) is 14.4 Å². The predicted molar refractivity (Wildman–Crippen MR) is 62.6 cm³/mol. The second kappa shape index (κ2) is 5.09. The molecule has 1 fully saturated rings. The molecule has 1 aromatic heterocycles. The van der Waals surface area contributed by atoms with Crippen LogP contribution in [0, 0.1) is 5.92 Å². The first-order valence-electron chi connectivity index (χ1n) is 5.78. The Hall–Kier alpha value is -2.38. The highest BCUT2D eigenvalue weighted by Gasteiger charge is 2.37. The lowest BCUT2D eigenvalue weighted by Gasteiger charge is -2.15. The summed E-state index contributed by atoms with van der Waals surface area (Å²) in [4.78, 5) is 35.6. The molecule has 8 nitrogen and oxygen atoms in total. The van der Waals surface area contributed by atoms with Crippen LogP contribution < -0.4 is 4.90 Å². The number of H-pyrrole nitrogens is 1. The molecule has 1 aliphatic rings. The Labute approximate surface area is 108 Å². The Morgan fingerprint density at radius 2 is 2.37 bits per heavy atom. The Morgan fingerprint density at radius 3 is 2.95 bits per heavy atom. The molecule has 0 radical (unpaired) electrons. The largest absolute Gasteiger partial charge is 0.481 e. The van der Waals surface area contributed by atoms with E-state index >= 15 is 0 Å². The number of nitrogens with zero attached hydrogens (tertiary/aromatic N) is 2. The van der Waals surface area contributed by atoms with Gasteiger partial charge >= 0.3 is 11.9 Å². The Kier molecular flexibility index (Phi) is 3.50. The van der Waals surface area contributed by atoms with Gasteiger partial charge in [-0.2, -0.15) is 5.10 Å². The minimum atomic E-state index is -1.03. The number of aromatic amines is 1. The third-order valence-corrected chi connectivity index (χ3v) is 2.86. The van der Waals surface area contributed by atoms with Gasteiger partial charge in [0.2, 0.25) is 5.91 Å². The number of aromatic nitrogens is 2. The van der Waals surface area contributed by atoms with E-state index in [0.717, 1.165) is 0 Å². The average Bonchev–Trinajstić information content (AvgIpc) is 2.94. The van der Waals surface area contributed by atoms with Crippen LogP contribution >= 0.6 is 0 Å². The lowest BCUT2D eigenvalue weighted by atomic mass is 10.1. The summed E-state index contributed by atoms with van der Waals surface area (Å²) in [5.74, 6) is -2.77. The van der Waals surface area contributed by atoms with Crippen molar-refractivity contribution in [2.45, 2.75) is 13.3 Å². The molecule has 2 rings (SSSR count). The maximum Gasteiger partial charge on any atom is 0.358 e. The number of carboxylic acid groups (broad SMARTS) is 1. The van der Waals surface area contributed by atoms with Gasteiger partial charge in [-0.05, 0) is 6.92 Å². The summed E-state index contributed by atoms with van der Waals surface area (Å²) in [5.41, 5.74) is 0.313. The van der Waals surface area contributed by atoms with Gasteiger partial charge in [0.15, 0.2) is 5.69 Å². The molecule has 1 aliphatic heterocycles. The molecular weight excluding hydrogens is 254 g/mol. The molecule has 102 valence electrons. The lowest BCUT2D eigenvalue weighted by molar-refractivity contribution is -0.141. The quantitative estimate of drug-likeness (QED) is 0.744. The summed E-state index contributed by atoms with van der Waals surface area (Å²) in [7, 11) is 0. The fourth-order valence-corrected chi connectivity index (χ4v) is 1.94. The minimum absolute atomic E-state index is 0.0279. The first-order valence-corrected chi connectivity index (χ1v) is 5.78. The van der Waals surface area contributed by atoms with Crippen LogP contribution in [-0.2, 0) is 14.3 Å². The molecular formula is C11H13N3O5. The maximum absolute atomic E-state index is 11.8. The average molecular weight is 267 g/mol. The highest BCUT2D eigenvalue weighted by molar-refractivity contribution is 6.04. The molecule has 1 atom stereocenters. The highest BCUT2D eigenvalue weighted by Crippen LogP contribution is 2.27. The van der Waals surface area contributed by atoms with Gasteiger partial charge in [-0.15, -0.1) is 0 Å². The monoisotopic (exact) mass is 267 g/mol. The fraction of sp³-hybridized carbons (Fsp3) is 0.455. The van der Waals surface area contributed by atoms with Crippen LogP contribution in [0.4, 0.5) is 5.69 Å². The second-order valence-electron chi connectivity index (χ2n) is 4.09. The molecule has 0 aliphatic carbocycles. The molecule has 0 saturated carbocycles. The van der Waals surface area contributed by atoms with Crippen LogP contribution in [0.1, 0.15) is 23.8 Å². The smallest absolute Gasteiger partial charge is 0.358 e. The molecule has 0 aromatic carbocycles. The van der Waals surface area contributed by atoms with Crippen LogP contribution in [0.15, 0.2) is 6.20 Å². The van der Waals surface area contributed by atoms with Gasteiger partial charge in [-0.3, -0.25) is 14.7 Å². The number of carbonyl (C=O) groups is 3. The second-order valence-corrected chi connectivity index (χ2v) is 4.09. The minimum Gasteiger partial charge on any atom is -0.481 e. The van der Waals surface area contributed by atoms with Crippen LogP contribution in [0.2, 0.25) is 0 Å². The number of hydrogen-bond donors (Lipinski definition) is 2. The van der Waals surface area contributed by atoms with Crippen molar-refractivity contribution in [3.8, 4) is 0 Å². The van der Waals surface area contributed by atoms with E-state index in [0.29, 0.717) is 0 Å². The molecule has 1 unspecified atom stereocenters. The zero-order chi connectivity index (χ0) is 14.0. The predicted octanol–water partition coefficient (Wildman–Crippen LogP) is 0.0239. The molecule has 19 heavy (non-hydrogen) atoms. The number of carboxylic acids is 1. The van der Waals surface area contributed by atoms with Crippen LogP contribution in [0.3, 0.4) is 0 Å². The first-order chi connectivity index (χ1) is 9.04. The molecule has 0 spiro atoms. The van der Waals surface area contributed by atoms with E-state index in [1.807, 2.05) is 0 Å². The van der Waals surface area contributed by atoms with Crippen LogP contribution in [0.25, 0.3) is 0 Å².